The van der Waals surface area contributed by atoms with Crippen LogP contribution in [0, 0.1) is 6.92 Å². The normalized spacial score (nSPS) is 18.3. The number of ether oxygens (including phenoxy) is 2. The average molecular weight is 755 g/mol. The fourth-order valence-corrected chi connectivity index (χ4v) is 9.21. The molecular formula is C39H33ClF2N6O4S. The molecule has 1 N–H and O–H groups in total. The number of halogens is 3. The number of pyridine rings is 2. The van der Waals surface area contributed by atoms with E-state index in [4.69, 9.17) is 30.5 Å². The fraction of sp³-hybridized carbons (Fsp3) is 0.308. The lowest BCUT2D eigenvalue weighted by Gasteiger charge is -2.22. The Morgan fingerprint density at radius 1 is 1.11 bits per heavy atom. The van der Waals surface area contributed by atoms with Crippen LogP contribution in [-0.2, 0) is 19.4 Å². The van der Waals surface area contributed by atoms with Gasteiger partial charge in [0.2, 0.25) is 11.8 Å². The molecule has 2 unspecified atom stereocenters. The van der Waals surface area contributed by atoms with Crippen LogP contribution in [-0.4, -0.2) is 57.2 Å². The van der Waals surface area contributed by atoms with E-state index in [2.05, 4.69) is 20.5 Å². The van der Waals surface area contributed by atoms with Gasteiger partial charge >= 0.3 is 0 Å². The van der Waals surface area contributed by atoms with Gasteiger partial charge in [0, 0.05) is 65.0 Å². The van der Waals surface area contributed by atoms with Crippen LogP contribution in [0.15, 0.2) is 59.1 Å². The summed E-state index contributed by atoms with van der Waals surface area (Å²) in [5, 5.41) is 13.1. The Labute approximate surface area is 312 Å². The van der Waals surface area contributed by atoms with Gasteiger partial charge in [-0.15, -0.1) is 21.5 Å². The Balaban J connectivity index is 1.21. The predicted molar refractivity (Wildman–Crippen MR) is 197 cm³/mol. The number of anilines is 1. The third kappa shape index (κ3) is 5.59. The molecular weight excluding hydrogens is 722 g/mol. The van der Waals surface area contributed by atoms with Gasteiger partial charge in [-0.2, -0.15) is 0 Å². The molecule has 53 heavy (non-hydrogen) atoms. The van der Waals surface area contributed by atoms with Crippen molar-refractivity contribution in [3.63, 3.8) is 0 Å². The van der Waals surface area contributed by atoms with Crippen molar-refractivity contribution in [1.29, 1.82) is 0 Å². The summed E-state index contributed by atoms with van der Waals surface area (Å²) in [5.74, 6) is -1.20. The molecule has 0 fully saturated rings. The second-order valence-corrected chi connectivity index (χ2v) is 15.1. The molecule has 14 heteroatoms. The molecule has 0 spiro atoms. The SMILES string of the molecule is CCCN1Cc2nc(CC3COc4cc(Cl)ccc43)c(-c3nnc(C)o3)c(-c3cc4ccnc(NC5c6cccc(OC)c6CC5(F)F)c4s3)c2C1=O. The number of nitrogens with zero attached hydrogens (tertiary/aromatic N) is 5. The number of hydrogen-bond donors (Lipinski definition) is 1. The Morgan fingerprint density at radius 3 is 2.77 bits per heavy atom. The highest BCUT2D eigenvalue weighted by Crippen LogP contribution is 2.51. The highest BCUT2D eigenvalue weighted by atomic mass is 35.5. The van der Waals surface area contributed by atoms with Crippen LogP contribution in [0.2, 0.25) is 5.02 Å². The molecule has 1 aliphatic carbocycles. The van der Waals surface area contributed by atoms with Gasteiger partial charge < -0.3 is 24.1 Å². The van der Waals surface area contributed by atoms with E-state index in [1.165, 1.54) is 18.4 Å². The summed E-state index contributed by atoms with van der Waals surface area (Å²) in [7, 11) is 1.48. The minimum absolute atomic E-state index is 0.0516. The average Bonchev–Trinajstić information content (AvgIpc) is 3.96. The number of fused-ring (bicyclic) bond motifs is 4. The Bertz CT molecular complexity index is 2450. The van der Waals surface area contributed by atoms with Crippen molar-refractivity contribution in [2.75, 3.05) is 25.6 Å². The molecule has 0 saturated carbocycles. The zero-order chi connectivity index (χ0) is 36.6. The quantitative estimate of drug-likeness (QED) is 0.155. The highest BCUT2D eigenvalue weighted by molar-refractivity contribution is 7.23. The minimum Gasteiger partial charge on any atom is -0.496 e. The number of thiophene rings is 1. The van der Waals surface area contributed by atoms with Gasteiger partial charge in [0.25, 0.3) is 11.8 Å². The van der Waals surface area contributed by atoms with Gasteiger partial charge in [-0.05, 0) is 47.7 Å². The number of hydrogen-bond acceptors (Lipinski definition) is 10. The van der Waals surface area contributed by atoms with E-state index in [-0.39, 0.29) is 17.7 Å². The van der Waals surface area contributed by atoms with Gasteiger partial charge in [0.15, 0.2) is 0 Å². The van der Waals surface area contributed by atoms with Crippen molar-refractivity contribution in [3.8, 4) is 33.4 Å². The monoisotopic (exact) mass is 754 g/mol. The number of aromatic nitrogens is 4. The third-order valence-electron chi connectivity index (χ3n) is 10.2. The van der Waals surface area contributed by atoms with Gasteiger partial charge in [-0.25, -0.2) is 13.8 Å². The number of benzene rings is 2. The lowest BCUT2D eigenvalue weighted by Crippen LogP contribution is -2.28. The van der Waals surface area contributed by atoms with E-state index >= 15 is 8.78 Å². The Hall–Kier alpha value is -5.14. The first-order valence-corrected chi connectivity index (χ1v) is 18.6. The molecule has 3 aliphatic rings. The van der Waals surface area contributed by atoms with Crippen molar-refractivity contribution in [3.05, 3.63) is 99.3 Å². The summed E-state index contributed by atoms with van der Waals surface area (Å²) in [4.78, 5) is 26.5. The highest BCUT2D eigenvalue weighted by Gasteiger charge is 2.49. The van der Waals surface area contributed by atoms with Crippen LogP contribution in [0.1, 0.15) is 69.6 Å². The van der Waals surface area contributed by atoms with Crippen molar-refractivity contribution in [1.82, 2.24) is 25.1 Å². The number of carbonyl (C=O) groups excluding carboxylic acids is 1. The van der Waals surface area contributed by atoms with E-state index in [0.29, 0.717) is 92.5 Å². The summed E-state index contributed by atoms with van der Waals surface area (Å²) in [5.41, 5.74) is 4.98. The van der Waals surface area contributed by atoms with E-state index in [0.717, 1.165) is 28.0 Å². The van der Waals surface area contributed by atoms with E-state index in [1.54, 1.807) is 36.2 Å². The first-order valence-electron chi connectivity index (χ1n) is 17.4. The molecule has 0 radical (unpaired) electrons. The number of carbonyl (C=O) groups is 1. The predicted octanol–water partition coefficient (Wildman–Crippen LogP) is 8.81. The van der Waals surface area contributed by atoms with Crippen LogP contribution in [0.25, 0.3) is 32.0 Å². The molecule has 1 amide bonds. The van der Waals surface area contributed by atoms with Crippen LogP contribution in [0.3, 0.4) is 0 Å². The number of nitrogens with one attached hydrogen (secondary N) is 1. The lowest BCUT2D eigenvalue weighted by molar-refractivity contribution is -0.00734. The topological polar surface area (TPSA) is 116 Å². The van der Waals surface area contributed by atoms with Crippen LogP contribution >= 0.6 is 22.9 Å². The molecule has 0 saturated heterocycles. The van der Waals surface area contributed by atoms with Gasteiger partial charge in [-0.3, -0.25) is 9.78 Å². The molecule has 2 aliphatic heterocycles. The summed E-state index contributed by atoms with van der Waals surface area (Å²) in [6.07, 6.45) is 2.39. The largest absolute Gasteiger partial charge is 0.496 e. The van der Waals surface area contributed by atoms with Crippen molar-refractivity contribution in [2.24, 2.45) is 0 Å². The second-order valence-electron chi connectivity index (χ2n) is 13.6. The first kappa shape index (κ1) is 33.7. The number of amides is 1. The van der Waals surface area contributed by atoms with Crippen molar-refractivity contribution in [2.45, 2.75) is 57.5 Å². The third-order valence-corrected chi connectivity index (χ3v) is 11.6. The first-order chi connectivity index (χ1) is 25.6. The summed E-state index contributed by atoms with van der Waals surface area (Å²) in [6, 6.07) is 13.2. The van der Waals surface area contributed by atoms with Gasteiger partial charge in [-0.1, -0.05) is 36.7 Å². The van der Waals surface area contributed by atoms with Crippen LogP contribution in [0.4, 0.5) is 14.6 Å². The number of aryl methyl sites for hydroxylation is 1. The molecule has 6 heterocycles. The molecule has 2 atom stereocenters. The van der Waals surface area contributed by atoms with E-state index in [1.807, 2.05) is 37.3 Å². The minimum atomic E-state index is -3.09. The maximum absolute atomic E-state index is 15.7. The molecule has 270 valence electrons. The summed E-state index contributed by atoms with van der Waals surface area (Å²) < 4.78 is 49.6. The fourth-order valence-electron chi connectivity index (χ4n) is 7.88. The molecule has 4 aromatic heterocycles. The number of methoxy groups -OCH3 is 1. The molecule has 0 bridgehead atoms. The van der Waals surface area contributed by atoms with Gasteiger partial charge in [0.1, 0.15) is 23.4 Å². The molecule has 2 aromatic carbocycles. The van der Waals surface area contributed by atoms with Crippen LogP contribution in [0.5, 0.6) is 11.5 Å². The van der Waals surface area contributed by atoms with Gasteiger partial charge in [0.05, 0.1) is 47.5 Å². The summed E-state index contributed by atoms with van der Waals surface area (Å²) in [6.45, 7) is 5.10. The smallest absolute Gasteiger partial charge is 0.276 e. The van der Waals surface area contributed by atoms with Crippen LogP contribution < -0.4 is 14.8 Å². The van der Waals surface area contributed by atoms with E-state index in [9.17, 15) is 4.79 Å². The lowest BCUT2D eigenvalue weighted by atomic mass is 9.90. The summed E-state index contributed by atoms with van der Waals surface area (Å²) >= 11 is 7.65. The number of alkyl halides is 2. The Kier molecular flexibility index (Phi) is 8.11. The molecule has 10 nitrogen and oxygen atoms in total. The zero-order valence-electron chi connectivity index (χ0n) is 29.0. The second kappa shape index (κ2) is 12.8. The standard InChI is InChI=1S/C39H33ClF2N6O4S/c1-4-12-48-17-27-32(38(48)49)33(31(37-47-46-19(2)52-37)26(44-27)13-21-18-51-29-15-22(40)8-9-23(21)29)30-14-20-10-11-43-36(34(20)53-30)45-35-24-6-5-7-28(50-3)25(24)16-39(35,41)42/h5-11,14-15,21,35H,4,12-13,16-18H2,1-3H3,(H,43,45). The zero-order valence-corrected chi connectivity index (χ0v) is 30.6. The van der Waals surface area contributed by atoms with E-state index < -0.39 is 18.4 Å². The van der Waals surface area contributed by atoms with Crippen molar-refractivity contribution >= 4 is 44.7 Å². The molecule has 9 rings (SSSR count). The van der Waals surface area contributed by atoms with Crippen molar-refractivity contribution < 1.29 is 27.5 Å². The maximum atomic E-state index is 15.7. The maximum Gasteiger partial charge on any atom is 0.276 e. The Morgan fingerprint density at radius 2 is 1.98 bits per heavy atom. The molecule has 6 aromatic rings. The number of rotatable bonds is 9.